The lowest BCUT2D eigenvalue weighted by molar-refractivity contribution is 0.0955. The number of para-hydroxylation sites is 1. The molecule has 1 heterocycles. The lowest BCUT2D eigenvalue weighted by Gasteiger charge is -2.04. The number of nitrogens with zero attached hydrogens (tertiary/aromatic N) is 1. The van der Waals surface area contributed by atoms with Crippen molar-refractivity contribution in [1.82, 2.24) is 5.43 Å². The molecule has 1 aromatic carbocycles. The van der Waals surface area contributed by atoms with Crippen molar-refractivity contribution in [1.29, 1.82) is 0 Å². The van der Waals surface area contributed by atoms with Crippen LogP contribution < -0.4 is 5.43 Å². The van der Waals surface area contributed by atoms with Crippen LogP contribution in [-0.2, 0) is 0 Å². The van der Waals surface area contributed by atoms with Gasteiger partial charge in [0.1, 0.15) is 5.75 Å². The molecular weight excluding hydrogens is 260 g/mol. The Bertz CT molecular complexity index is 632. The third-order valence-corrected chi connectivity index (χ3v) is 3.47. The maximum Gasteiger partial charge on any atom is 0.272 e. The van der Waals surface area contributed by atoms with E-state index in [1.807, 2.05) is 13.0 Å². The molecule has 0 aliphatic heterocycles. The normalized spacial score (nSPS) is 11.4. The molecule has 19 heavy (non-hydrogen) atoms. The molecule has 5 heteroatoms. The van der Waals surface area contributed by atoms with Crippen LogP contribution in [0.4, 0.5) is 0 Å². The van der Waals surface area contributed by atoms with E-state index >= 15 is 0 Å². The molecule has 2 aromatic rings. The van der Waals surface area contributed by atoms with Crippen molar-refractivity contribution >= 4 is 23.0 Å². The highest BCUT2D eigenvalue weighted by Gasteiger charge is 2.07. The van der Waals surface area contributed by atoms with Gasteiger partial charge in [0.05, 0.1) is 11.3 Å². The molecule has 2 N–H and O–H groups in total. The van der Waals surface area contributed by atoms with E-state index in [2.05, 4.69) is 10.5 Å². The first-order chi connectivity index (χ1) is 9.08. The summed E-state index contributed by atoms with van der Waals surface area (Å²) in [6, 6.07) is 8.68. The molecule has 1 aromatic heterocycles. The number of carbonyl (C=O) groups excluding carboxylic acids is 1. The molecule has 0 aliphatic carbocycles. The van der Waals surface area contributed by atoms with Gasteiger partial charge >= 0.3 is 0 Å². The van der Waals surface area contributed by atoms with Gasteiger partial charge in [0, 0.05) is 15.8 Å². The average Bonchev–Trinajstić information content (AvgIpc) is 2.83. The van der Waals surface area contributed by atoms with Gasteiger partial charge in [-0.1, -0.05) is 12.1 Å². The summed E-state index contributed by atoms with van der Waals surface area (Å²) in [4.78, 5) is 12.9. The number of aryl methyl sites for hydroxylation is 1. The standard InChI is InChI=1S/C14H14N2O2S/c1-9-7-11(8-19-9)14(18)16-15-10(2)12-5-3-4-6-13(12)17/h3-8,17H,1-2H3,(H,16,18). The van der Waals surface area contributed by atoms with Crippen LogP contribution in [0.5, 0.6) is 5.75 Å². The second-order valence-corrected chi connectivity index (χ2v) is 5.22. The molecular formula is C14H14N2O2S. The van der Waals surface area contributed by atoms with Crippen LogP contribution in [0.15, 0.2) is 40.8 Å². The number of phenols is 1. The number of hydrogen-bond acceptors (Lipinski definition) is 4. The number of aromatic hydroxyl groups is 1. The van der Waals surface area contributed by atoms with E-state index in [0.29, 0.717) is 16.8 Å². The van der Waals surface area contributed by atoms with Crippen LogP contribution in [0.3, 0.4) is 0 Å². The van der Waals surface area contributed by atoms with Gasteiger partial charge < -0.3 is 5.11 Å². The van der Waals surface area contributed by atoms with Crippen LogP contribution in [0, 0.1) is 6.92 Å². The molecule has 0 spiro atoms. The largest absolute Gasteiger partial charge is 0.507 e. The molecule has 0 unspecified atom stereocenters. The molecule has 0 saturated heterocycles. The zero-order chi connectivity index (χ0) is 13.8. The van der Waals surface area contributed by atoms with E-state index in [9.17, 15) is 9.90 Å². The minimum Gasteiger partial charge on any atom is -0.507 e. The van der Waals surface area contributed by atoms with E-state index in [4.69, 9.17) is 0 Å². The second-order valence-electron chi connectivity index (χ2n) is 4.10. The smallest absolute Gasteiger partial charge is 0.272 e. The average molecular weight is 274 g/mol. The van der Waals surface area contributed by atoms with Crippen LogP contribution in [0.1, 0.15) is 27.7 Å². The maximum absolute atomic E-state index is 11.8. The quantitative estimate of drug-likeness (QED) is 0.667. The van der Waals surface area contributed by atoms with Gasteiger partial charge in [-0.15, -0.1) is 11.3 Å². The first-order valence-corrected chi connectivity index (χ1v) is 6.64. The summed E-state index contributed by atoms with van der Waals surface area (Å²) in [5.74, 6) is -0.108. The van der Waals surface area contributed by atoms with Crippen molar-refractivity contribution in [3.05, 3.63) is 51.7 Å². The van der Waals surface area contributed by atoms with Crippen LogP contribution in [-0.4, -0.2) is 16.7 Å². The van der Waals surface area contributed by atoms with Crippen molar-refractivity contribution in [2.24, 2.45) is 5.10 Å². The van der Waals surface area contributed by atoms with Crippen molar-refractivity contribution in [3.8, 4) is 5.75 Å². The second kappa shape index (κ2) is 5.67. The Balaban J connectivity index is 2.11. The number of hydrogen-bond donors (Lipinski definition) is 2. The zero-order valence-corrected chi connectivity index (χ0v) is 11.5. The molecule has 1 amide bonds. The number of carbonyl (C=O) groups is 1. The molecule has 0 atom stereocenters. The fourth-order valence-electron chi connectivity index (χ4n) is 1.60. The van der Waals surface area contributed by atoms with Crippen LogP contribution >= 0.6 is 11.3 Å². The highest BCUT2D eigenvalue weighted by Crippen LogP contribution is 2.16. The molecule has 0 aliphatic rings. The Morgan fingerprint density at radius 2 is 2.11 bits per heavy atom. The van der Waals surface area contributed by atoms with Crippen LogP contribution in [0.2, 0.25) is 0 Å². The van der Waals surface area contributed by atoms with Gasteiger partial charge in [0.15, 0.2) is 0 Å². The molecule has 0 saturated carbocycles. The lowest BCUT2D eigenvalue weighted by Crippen LogP contribution is -2.18. The van der Waals surface area contributed by atoms with Crippen molar-refractivity contribution in [2.45, 2.75) is 13.8 Å². The van der Waals surface area contributed by atoms with E-state index in [1.54, 1.807) is 36.6 Å². The zero-order valence-electron chi connectivity index (χ0n) is 10.7. The monoisotopic (exact) mass is 274 g/mol. The summed E-state index contributed by atoms with van der Waals surface area (Å²) in [6.45, 7) is 3.67. The summed E-state index contributed by atoms with van der Waals surface area (Å²) >= 11 is 1.52. The van der Waals surface area contributed by atoms with Crippen LogP contribution in [0.25, 0.3) is 0 Å². The Morgan fingerprint density at radius 3 is 2.74 bits per heavy atom. The summed E-state index contributed by atoms with van der Waals surface area (Å²) in [6.07, 6.45) is 0. The highest BCUT2D eigenvalue weighted by molar-refractivity contribution is 7.10. The summed E-state index contributed by atoms with van der Waals surface area (Å²) < 4.78 is 0. The molecule has 0 radical (unpaired) electrons. The minimum absolute atomic E-state index is 0.143. The molecule has 0 bridgehead atoms. The van der Waals surface area contributed by atoms with Gasteiger partial charge in [-0.3, -0.25) is 4.79 Å². The fraction of sp³-hybridized carbons (Fsp3) is 0.143. The van der Waals surface area contributed by atoms with Crippen molar-refractivity contribution in [3.63, 3.8) is 0 Å². The number of amides is 1. The Hall–Kier alpha value is -2.14. The first kappa shape index (κ1) is 13.3. The molecule has 98 valence electrons. The van der Waals surface area contributed by atoms with Gasteiger partial charge in [0.25, 0.3) is 5.91 Å². The van der Waals surface area contributed by atoms with Gasteiger partial charge in [0.2, 0.25) is 0 Å². The fourth-order valence-corrected chi connectivity index (χ4v) is 2.28. The number of thiophene rings is 1. The lowest BCUT2D eigenvalue weighted by atomic mass is 10.1. The third-order valence-electron chi connectivity index (χ3n) is 2.61. The van der Waals surface area contributed by atoms with Gasteiger partial charge in [-0.25, -0.2) is 5.43 Å². The van der Waals surface area contributed by atoms with E-state index in [1.165, 1.54) is 11.3 Å². The third kappa shape index (κ3) is 3.20. The maximum atomic E-state index is 11.8. The summed E-state index contributed by atoms with van der Waals surface area (Å²) in [5.41, 5.74) is 4.23. The number of benzene rings is 1. The van der Waals surface area contributed by atoms with E-state index in [0.717, 1.165) is 4.88 Å². The molecule has 4 nitrogen and oxygen atoms in total. The predicted octanol–water partition coefficient (Wildman–Crippen LogP) is 2.92. The van der Waals surface area contributed by atoms with Crippen molar-refractivity contribution in [2.75, 3.05) is 0 Å². The van der Waals surface area contributed by atoms with Gasteiger partial charge in [-0.05, 0) is 32.0 Å². The number of nitrogens with one attached hydrogen (secondary N) is 1. The summed E-state index contributed by atoms with van der Waals surface area (Å²) in [5, 5.41) is 15.5. The highest BCUT2D eigenvalue weighted by atomic mass is 32.1. The number of hydrazone groups is 1. The Kier molecular flexibility index (Phi) is 3.97. The Morgan fingerprint density at radius 1 is 1.37 bits per heavy atom. The Labute approximate surface area is 115 Å². The predicted molar refractivity (Wildman–Crippen MR) is 76.8 cm³/mol. The van der Waals surface area contributed by atoms with Crippen molar-refractivity contribution < 1.29 is 9.90 Å². The van der Waals surface area contributed by atoms with E-state index < -0.39 is 0 Å². The molecule has 0 fully saturated rings. The SMILES string of the molecule is CC(=NNC(=O)c1csc(C)c1)c1ccccc1O. The topological polar surface area (TPSA) is 61.7 Å². The number of rotatable bonds is 3. The van der Waals surface area contributed by atoms with Gasteiger partial charge in [-0.2, -0.15) is 5.10 Å². The molecule has 2 rings (SSSR count). The summed E-state index contributed by atoms with van der Waals surface area (Å²) in [7, 11) is 0. The minimum atomic E-state index is -0.251. The number of phenolic OH excluding ortho intramolecular Hbond substituents is 1. The van der Waals surface area contributed by atoms with E-state index in [-0.39, 0.29) is 11.7 Å². The first-order valence-electron chi connectivity index (χ1n) is 5.76.